The zero-order valence-electron chi connectivity index (χ0n) is 31.4. The second-order valence-electron chi connectivity index (χ2n) is 14.2. The molecule has 9 heteroatoms. The molecule has 1 N–H and O–H groups in total. The molecule has 0 saturated heterocycles. The van der Waals surface area contributed by atoms with E-state index in [1.807, 2.05) is 0 Å². The molecule has 0 amide bonds. The number of allylic oxidation sites excluding steroid dienone is 4. The molecule has 0 saturated carbocycles. The second-order valence-corrected chi connectivity index (χ2v) is 18.6. The van der Waals surface area contributed by atoms with Gasteiger partial charge in [-0.2, -0.15) is 0 Å². The van der Waals surface area contributed by atoms with Crippen molar-refractivity contribution in [2.75, 3.05) is 0 Å². The van der Waals surface area contributed by atoms with Crippen molar-refractivity contribution >= 4 is 54.9 Å². The third-order valence-electron chi connectivity index (χ3n) is 10.4. The molecule has 1 nitrogen and oxygen atoms in total. The largest absolute Gasteiger partial charge is 0.673 e. The average Bonchev–Trinajstić information content (AvgIpc) is 3.88. The number of hydrogen-bond donors (Lipinski definition) is 1. The van der Waals surface area contributed by atoms with Gasteiger partial charge in [0.2, 0.25) is 0 Å². The van der Waals surface area contributed by atoms with E-state index >= 15 is 0 Å². The Morgan fingerprint density at radius 1 is 0.474 bits per heavy atom. The maximum absolute atomic E-state index is 10.6. The average molecular weight is 889 g/mol. The first-order valence-electron chi connectivity index (χ1n) is 19.2. The molecular formula is C48H44BF4OP2Rh-. The summed E-state index contributed by atoms with van der Waals surface area (Å²) in [5, 5.41) is 19.0. The molecule has 6 aliphatic rings. The Labute approximate surface area is 349 Å². The van der Waals surface area contributed by atoms with Gasteiger partial charge in [0.1, 0.15) is 0 Å². The number of hydrogen-bond acceptors (Lipinski definition) is 1. The summed E-state index contributed by atoms with van der Waals surface area (Å²) in [6.45, 7) is 0.0718. The van der Waals surface area contributed by atoms with Gasteiger partial charge >= 0.3 is 7.25 Å². The van der Waals surface area contributed by atoms with E-state index in [2.05, 4.69) is 176 Å². The standard InChI is InChI=1S/C41H36OP2.C7H8.BF4.Rh/c42-30-35-28-34-24-22-31-21-23-32(40(27-31)43(36-13-5-1-6-14-36)37-15-7-2-8-16-37)25-26-33(35)29-41(34)44(38-17-9-3-10-18-38)39-19-11-4-12-20-39;1-2-7-4-3-6(1)5-7;2-1(3,4)5;/h1-21,23,27-29,42H,22,24-26,30H2;1-4,6-7H,5H2;;/q;;-1;. The molecule has 0 aliphatic heterocycles. The zero-order chi connectivity index (χ0) is 38.9. The van der Waals surface area contributed by atoms with E-state index in [-0.39, 0.29) is 26.1 Å². The van der Waals surface area contributed by atoms with E-state index in [0.717, 1.165) is 43.1 Å². The second kappa shape index (κ2) is 20.1. The Balaban J connectivity index is 0.000000362. The van der Waals surface area contributed by atoms with Crippen molar-refractivity contribution in [3.05, 3.63) is 204 Å². The number of fused-ring (bicyclic) bond motifs is 2. The molecule has 6 bridgehead atoms. The van der Waals surface area contributed by atoms with Crippen molar-refractivity contribution in [2.45, 2.75) is 38.7 Å². The van der Waals surface area contributed by atoms with Crippen LogP contribution < -0.4 is 31.8 Å². The maximum Gasteiger partial charge on any atom is 0.673 e. The number of aliphatic hydroxyl groups is 1. The molecule has 12 rings (SSSR count). The molecule has 293 valence electrons. The van der Waals surface area contributed by atoms with E-state index in [9.17, 15) is 22.4 Å². The van der Waals surface area contributed by atoms with Crippen LogP contribution in [0.3, 0.4) is 0 Å². The van der Waals surface area contributed by atoms with Crippen molar-refractivity contribution in [1.29, 1.82) is 0 Å². The van der Waals surface area contributed by atoms with Crippen LogP contribution >= 0.6 is 15.8 Å². The molecule has 6 aromatic carbocycles. The van der Waals surface area contributed by atoms with Gasteiger partial charge in [-0.25, -0.2) is 0 Å². The van der Waals surface area contributed by atoms with E-state index < -0.39 is 23.1 Å². The molecule has 1 radical (unpaired) electrons. The first-order valence-corrected chi connectivity index (χ1v) is 21.8. The van der Waals surface area contributed by atoms with Crippen molar-refractivity contribution in [2.24, 2.45) is 11.8 Å². The summed E-state index contributed by atoms with van der Waals surface area (Å²) >= 11 is 0. The van der Waals surface area contributed by atoms with Crippen LogP contribution in [0, 0.1) is 11.8 Å². The maximum atomic E-state index is 10.6. The molecule has 0 heterocycles. The molecule has 0 spiro atoms. The van der Waals surface area contributed by atoms with Crippen molar-refractivity contribution in [1.82, 2.24) is 0 Å². The smallest absolute Gasteiger partial charge is 0.418 e. The van der Waals surface area contributed by atoms with Crippen molar-refractivity contribution < 1.29 is 41.8 Å². The fraction of sp³-hybridized carbons (Fsp3) is 0.167. The Morgan fingerprint density at radius 3 is 1.25 bits per heavy atom. The number of aliphatic hydroxyl groups excluding tert-OH is 1. The van der Waals surface area contributed by atoms with Crippen LogP contribution in [0.15, 0.2) is 176 Å². The predicted molar refractivity (Wildman–Crippen MR) is 231 cm³/mol. The van der Waals surface area contributed by atoms with Gasteiger partial charge < -0.3 is 22.4 Å². The third kappa shape index (κ3) is 11.4. The Morgan fingerprint density at radius 2 is 0.860 bits per heavy atom. The van der Waals surface area contributed by atoms with Crippen molar-refractivity contribution in [3.8, 4) is 0 Å². The molecular weight excluding hydrogens is 844 g/mol. The fourth-order valence-electron chi connectivity index (χ4n) is 7.74. The van der Waals surface area contributed by atoms with E-state index in [1.165, 1.54) is 60.5 Å². The molecule has 0 fully saturated rings. The molecule has 0 unspecified atom stereocenters. The minimum Gasteiger partial charge on any atom is -0.418 e. The number of benzene rings is 6. The van der Waals surface area contributed by atoms with Crippen molar-refractivity contribution in [3.63, 3.8) is 0 Å². The number of rotatable bonds is 7. The SMILES string of the molecule is C1=CC2C=CC1C2.F[B-](F)(F)F.OCc1cc2c(P(c3ccccc3)c3ccccc3)cc1CCc1ccc(cc1P(c1ccccc1)c1ccccc1)CC2.[Rh]. The normalized spacial score (nSPS) is 16.3. The molecule has 0 aromatic heterocycles. The van der Waals surface area contributed by atoms with Crippen LogP contribution in [-0.4, -0.2) is 12.4 Å². The zero-order valence-corrected chi connectivity index (χ0v) is 34.8. The third-order valence-corrected chi connectivity index (χ3v) is 15.4. The Bertz CT molecular complexity index is 2140. The van der Waals surface area contributed by atoms with Gasteiger partial charge in [0.15, 0.2) is 0 Å². The van der Waals surface area contributed by atoms with Gasteiger partial charge in [0.05, 0.1) is 6.61 Å². The monoisotopic (exact) mass is 888 g/mol. The summed E-state index contributed by atoms with van der Waals surface area (Å²) in [5.41, 5.74) is 6.50. The van der Waals surface area contributed by atoms with Crippen LogP contribution in [0.25, 0.3) is 0 Å². The van der Waals surface area contributed by atoms with Gasteiger partial charge in [-0.3, -0.25) is 0 Å². The van der Waals surface area contributed by atoms with Gasteiger partial charge in [-0.05, 0) is 125 Å². The molecule has 6 aromatic rings. The van der Waals surface area contributed by atoms with Gasteiger partial charge in [0, 0.05) is 19.5 Å². The van der Waals surface area contributed by atoms with E-state index in [1.54, 1.807) is 0 Å². The van der Waals surface area contributed by atoms with E-state index in [4.69, 9.17) is 0 Å². The number of aryl methyl sites for hydroxylation is 4. The Kier molecular flexibility index (Phi) is 15.1. The topological polar surface area (TPSA) is 20.2 Å². The van der Waals surface area contributed by atoms with Gasteiger partial charge in [0.25, 0.3) is 0 Å². The van der Waals surface area contributed by atoms with Crippen LogP contribution in [0.5, 0.6) is 0 Å². The molecule has 6 aliphatic carbocycles. The van der Waals surface area contributed by atoms with Crippen LogP contribution in [0.2, 0.25) is 0 Å². The van der Waals surface area contributed by atoms with Gasteiger partial charge in [-0.15, -0.1) is 0 Å². The summed E-state index contributed by atoms with van der Waals surface area (Å²) in [4.78, 5) is 0. The first-order chi connectivity index (χ1) is 27.2. The summed E-state index contributed by atoms with van der Waals surface area (Å²) < 4.78 is 39.0. The Hall–Kier alpha value is -3.97. The fourth-order valence-corrected chi connectivity index (χ4v) is 12.8. The van der Waals surface area contributed by atoms with Crippen LogP contribution in [0.4, 0.5) is 17.3 Å². The number of halogens is 4. The summed E-state index contributed by atoms with van der Waals surface area (Å²) in [6, 6.07) is 56.1. The summed E-state index contributed by atoms with van der Waals surface area (Å²) in [6.07, 6.45) is 14.3. The predicted octanol–water partition coefficient (Wildman–Crippen LogP) is 9.63. The minimum atomic E-state index is -6.00. The molecule has 57 heavy (non-hydrogen) atoms. The van der Waals surface area contributed by atoms with Crippen LogP contribution in [-0.2, 0) is 51.8 Å². The molecule has 0 atom stereocenters. The van der Waals surface area contributed by atoms with Gasteiger partial charge in [-0.1, -0.05) is 170 Å². The summed E-state index contributed by atoms with van der Waals surface area (Å²) in [5.74, 6) is 1.62. The quantitative estimate of drug-likeness (QED) is 0.0734. The van der Waals surface area contributed by atoms with Crippen LogP contribution in [0.1, 0.15) is 34.2 Å². The summed E-state index contributed by atoms with van der Waals surface area (Å²) in [7, 11) is -7.42. The first kappa shape index (κ1) is 42.6. The minimum absolute atomic E-state index is 0. The van der Waals surface area contributed by atoms with E-state index in [0.29, 0.717) is 0 Å².